The van der Waals surface area contributed by atoms with Crippen molar-refractivity contribution in [3.05, 3.63) is 23.3 Å². The monoisotopic (exact) mass is 312 g/mol. The van der Waals surface area contributed by atoms with Crippen molar-refractivity contribution in [2.24, 2.45) is 0 Å². The Hall–Kier alpha value is -1.11. The lowest BCUT2D eigenvalue weighted by Crippen LogP contribution is -2.36. The minimum atomic E-state index is -3.52. The fourth-order valence-electron chi connectivity index (χ4n) is 2.99. The Bertz CT molecular complexity index is 614. The van der Waals surface area contributed by atoms with Crippen molar-refractivity contribution in [1.29, 1.82) is 0 Å². The highest BCUT2D eigenvalue weighted by molar-refractivity contribution is 7.89. The molecule has 0 spiro atoms. The van der Waals surface area contributed by atoms with Crippen LogP contribution in [0.1, 0.15) is 36.8 Å². The van der Waals surface area contributed by atoms with E-state index >= 15 is 0 Å². The molecule has 1 unspecified atom stereocenters. The van der Waals surface area contributed by atoms with Crippen LogP contribution in [0, 0.1) is 13.8 Å². The smallest absolute Gasteiger partial charge is 0.243 e. The number of hydrogen-bond donors (Lipinski definition) is 2. The van der Waals surface area contributed by atoms with Crippen molar-refractivity contribution in [3.8, 4) is 0 Å². The zero-order valence-electron chi connectivity index (χ0n) is 12.7. The zero-order valence-corrected chi connectivity index (χ0v) is 13.5. The average Bonchev–Trinajstić information content (AvgIpc) is 2.89. The first kappa shape index (κ1) is 16.3. The topological polar surface area (TPSA) is 83.6 Å². The van der Waals surface area contributed by atoms with E-state index in [-0.39, 0.29) is 12.6 Å². The molecule has 5 nitrogen and oxygen atoms in total. The number of aliphatic hydroxyl groups excluding tert-OH is 1. The summed E-state index contributed by atoms with van der Waals surface area (Å²) in [6.45, 7) is 4.34. The summed E-state index contributed by atoms with van der Waals surface area (Å²) in [6.07, 6.45) is 3.07. The van der Waals surface area contributed by atoms with Crippen molar-refractivity contribution in [2.75, 3.05) is 18.9 Å². The van der Waals surface area contributed by atoms with Crippen molar-refractivity contribution in [1.82, 2.24) is 4.31 Å². The van der Waals surface area contributed by atoms with Gasteiger partial charge in [-0.05, 0) is 62.8 Å². The molecule has 1 heterocycles. The van der Waals surface area contributed by atoms with Gasteiger partial charge in [-0.1, -0.05) is 0 Å². The van der Waals surface area contributed by atoms with E-state index < -0.39 is 10.0 Å². The van der Waals surface area contributed by atoms with Gasteiger partial charge in [-0.15, -0.1) is 0 Å². The first-order valence-corrected chi connectivity index (χ1v) is 8.81. The molecule has 0 bridgehead atoms. The molecule has 118 valence electrons. The van der Waals surface area contributed by atoms with Gasteiger partial charge in [0, 0.05) is 24.9 Å². The lowest BCUT2D eigenvalue weighted by Gasteiger charge is -2.25. The highest BCUT2D eigenvalue weighted by Gasteiger charge is 2.35. The summed E-state index contributed by atoms with van der Waals surface area (Å²) in [7, 11) is -3.52. The number of hydrogen-bond acceptors (Lipinski definition) is 4. The molecule has 21 heavy (non-hydrogen) atoms. The van der Waals surface area contributed by atoms with E-state index in [0.29, 0.717) is 30.0 Å². The summed E-state index contributed by atoms with van der Waals surface area (Å²) in [5.74, 6) is 0. The van der Waals surface area contributed by atoms with E-state index in [9.17, 15) is 8.42 Å². The molecule has 1 aromatic rings. The third kappa shape index (κ3) is 3.22. The molecule has 0 aromatic heterocycles. The largest absolute Gasteiger partial charge is 0.399 e. The standard InChI is InChI=1S/C15H24N2O3S/c1-11-9-13(16)10-15(12(11)2)21(19,20)17-7-3-5-14(17)6-4-8-18/h9-10,14,18H,3-8,16H2,1-2H3. The van der Waals surface area contributed by atoms with Crippen LogP contribution in [-0.4, -0.2) is 37.0 Å². The normalized spacial score (nSPS) is 20.0. The molecule has 0 saturated carbocycles. The quantitative estimate of drug-likeness (QED) is 0.812. The molecule has 6 heteroatoms. The van der Waals surface area contributed by atoms with Crippen LogP contribution < -0.4 is 5.73 Å². The average molecular weight is 312 g/mol. The number of nitrogens with zero attached hydrogens (tertiary/aromatic N) is 1. The molecule has 1 aromatic carbocycles. The zero-order chi connectivity index (χ0) is 15.6. The Kier molecular flexibility index (Phi) is 4.91. The van der Waals surface area contributed by atoms with Crippen LogP contribution in [0.5, 0.6) is 0 Å². The molecule has 1 atom stereocenters. The highest BCUT2D eigenvalue weighted by Crippen LogP contribution is 2.31. The summed E-state index contributed by atoms with van der Waals surface area (Å²) >= 11 is 0. The van der Waals surface area contributed by atoms with Gasteiger partial charge < -0.3 is 10.8 Å². The van der Waals surface area contributed by atoms with E-state index in [2.05, 4.69) is 0 Å². The second-order valence-electron chi connectivity index (χ2n) is 5.74. The van der Waals surface area contributed by atoms with Crippen molar-refractivity contribution < 1.29 is 13.5 Å². The summed E-state index contributed by atoms with van der Waals surface area (Å²) in [4.78, 5) is 0.316. The van der Waals surface area contributed by atoms with Crippen LogP contribution in [0.15, 0.2) is 17.0 Å². The number of nitrogen functional groups attached to an aromatic ring is 1. The van der Waals surface area contributed by atoms with Crippen LogP contribution in [0.2, 0.25) is 0 Å². The molecule has 0 amide bonds. The number of benzene rings is 1. The van der Waals surface area contributed by atoms with Crippen molar-refractivity contribution >= 4 is 15.7 Å². The maximum absolute atomic E-state index is 12.9. The molecular formula is C15H24N2O3S. The predicted molar refractivity (Wildman–Crippen MR) is 83.6 cm³/mol. The molecule has 3 N–H and O–H groups in total. The minimum Gasteiger partial charge on any atom is -0.399 e. The van der Waals surface area contributed by atoms with Crippen LogP contribution in [0.3, 0.4) is 0 Å². The second kappa shape index (κ2) is 6.34. The van der Waals surface area contributed by atoms with E-state index in [1.54, 1.807) is 16.4 Å². The Balaban J connectivity index is 2.38. The number of rotatable bonds is 5. The highest BCUT2D eigenvalue weighted by atomic mass is 32.2. The molecule has 1 aliphatic heterocycles. The van der Waals surface area contributed by atoms with Gasteiger partial charge in [0.15, 0.2) is 0 Å². The van der Waals surface area contributed by atoms with Gasteiger partial charge in [0.1, 0.15) is 0 Å². The number of sulfonamides is 1. The van der Waals surface area contributed by atoms with Crippen LogP contribution in [0.4, 0.5) is 5.69 Å². The predicted octanol–water partition coefficient (Wildman–Crippen LogP) is 1.81. The van der Waals surface area contributed by atoms with Gasteiger partial charge in [-0.2, -0.15) is 4.31 Å². The summed E-state index contributed by atoms with van der Waals surface area (Å²) < 4.78 is 27.5. The van der Waals surface area contributed by atoms with Crippen LogP contribution in [-0.2, 0) is 10.0 Å². The molecule has 2 rings (SSSR count). The Morgan fingerprint density at radius 2 is 2.10 bits per heavy atom. The molecular weight excluding hydrogens is 288 g/mol. The maximum Gasteiger partial charge on any atom is 0.243 e. The third-order valence-corrected chi connectivity index (χ3v) is 6.33. The van der Waals surface area contributed by atoms with E-state index in [0.717, 1.165) is 24.0 Å². The Labute approximate surface area is 126 Å². The van der Waals surface area contributed by atoms with Crippen molar-refractivity contribution in [3.63, 3.8) is 0 Å². The van der Waals surface area contributed by atoms with E-state index in [1.165, 1.54) is 0 Å². The first-order chi connectivity index (χ1) is 9.87. The van der Waals surface area contributed by atoms with E-state index in [1.807, 2.05) is 13.8 Å². The number of anilines is 1. The SMILES string of the molecule is Cc1cc(N)cc(S(=O)(=O)N2CCCC2CCCO)c1C. The summed E-state index contributed by atoms with van der Waals surface area (Å²) in [5.41, 5.74) is 7.95. The summed E-state index contributed by atoms with van der Waals surface area (Å²) in [5, 5.41) is 8.97. The fraction of sp³-hybridized carbons (Fsp3) is 0.600. The second-order valence-corrected chi connectivity index (χ2v) is 7.60. The van der Waals surface area contributed by atoms with Gasteiger partial charge in [0.05, 0.1) is 4.90 Å². The molecule has 0 radical (unpaired) electrons. The number of aryl methyl sites for hydroxylation is 1. The third-order valence-electron chi connectivity index (χ3n) is 4.25. The fourth-order valence-corrected chi connectivity index (χ4v) is 5.05. The number of nitrogens with two attached hydrogens (primary N) is 1. The maximum atomic E-state index is 12.9. The van der Waals surface area contributed by atoms with Gasteiger partial charge >= 0.3 is 0 Å². The number of aliphatic hydroxyl groups is 1. The summed E-state index contributed by atoms with van der Waals surface area (Å²) in [6, 6.07) is 3.34. The van der Waals surface area contributed by atoms with Gasteiger partial charge in [0.2, 0.25) is 10.0 Å². The molecule has 1 fully saturated rings. The van der Waals surface area contributed by atoms with E-state index in [4.69, 9.17) is 10.8 Å². The Morgan fingerprint density at radius 1 is 1.38 bits per heavy atom. The van der Waals surface area contributed by atoms with Gasteiger partial charge in [-0.3, -0.25) is 0 Å². The first-order valence-electron chi connectivity index (χ1n) is 7.37. The lowest BCUT2D eigenvalue weighted by atomic mass is 10.1. The molecule has 0 aliphatic carbocycles. The van der Waals surface area contributed by atoms with Gasteiger partial charge in [-0.25, -0.2) is 8.42 Å². The van der Waals surface area contributed by atoms with Gasteiger partial charge in [0.25, 0.3) is 0 Å². The van der Waals surface area contributed by atoms with Crippen LogP contribution >= 0.6 is 0 Å². The minimum absolute atomic E-state index is 0.0108. The molecule has 1 saturated heterocycles. The lowest BCUT2D eigenvalue weighted by molar-refractivity contribution is 0.264. The Morgan fingerprint density at radius 3 is 2.76 bits per heavy atom. The van der Waals surface area contributed by atoms with Crippen LogP contribution in [0.25, 0.3) is 0 Å². The molecule has 1 aliphatic rings. The van der Waals surface area contributed by atoms with Crippen molar-refractivity contribution in [2.45, 2.75) is 50.5 Å².